The molecule has 0 saturated carbocycles. The third-order valence-corrected chi connectivity index (χ3v) is 14.1. The van der Waals surface area contributed by atoms with Crippen LogP contribution in [0.2, 0.25) is 0 Å². The number of anilines is 1. The Morgan fingerprint density at radius 1 is 0.657 bits per heavy atom. The summed E-state index contributed by atoms with van der Waals surface area (Å²) in [5, 5.41) is 5.49. The number of H-pyrrole nitrogens is 2. The van der Waals surface area contributed by atoms with Gasteiger partial charge in [-0.25, -0.2) is 19.6 Å². The van der Waals surface area contributed by atoms with Gasteiger partial charge in [-0.15, -0.1) is 0 Å². The number of methoxy groups -OCH3 is 3. The number of ether oxygens (including phenoxy) is 3. The molecule has 3 aliphatic heterocycles. The zero-order valence-corrected chi connectivity index (χ0v) is 40.4. The Hall–Kier alpha value is -6.16. The van der Waals surface area contributed by atoms with E-state index in [4.69, 9.17) is 24.2 Å². The highest BCUT2D eigenvalue weighted by atomic mass is 16.5. The largest absolute Gasteiger partial charge is 0.453 e. The lowest BCUT2D eigenvalue weighted by atomic mass is 9.85. The number of hydrogen-bond donors (Lipinski definition) is 4. The van der Waals surface area contributed by atoms with Crippen LogP contribution in [-0.4, -0.2) is 107 Å². The highest BCUT2D eigenvalue weighted by Crippen LogP contribution is 2.48. The average Bonchev–Trinajstić information content (AvgIpc) is 4.17. The van der Waals surface area contributed by atoms with E-state index in [2.05, 4.69) is 100 Å². The van der Waals surface area contributed by atoms with Gasteiger partial charge in [0.1, 0.15) is 23.7 Å². The van der Waals surface area contributed by atoms with E-state index in [-0.39, 0.29) is 53.2 Å². The van der Waals surface area contributed by atoms with Gasteiger partial charge in [-0.1, -0.05) is 65.8 Å². The molecule has 0 unspecified atom stereocenters. The van der Waals surface area contributed by atoms with Crippen molar-refractivity contribution >= 4 is 51.8 Å². The standard InChI is InChI=1S/C51H67N9O7/c1-29(2)43(56-49(63)66-8)47(61)58-24-10-12-41(58)45-52-35-20-14-31(26-37(35)54-45)39-22-23-40(60(39)34-18-16-33(17-19-34)51(5,6)28-65-7)32-15-21-36-38(27-32)55-46(53-36)42-13-11-25-59(42)48(62)44(30(3)4)57-50(64)67-9/h14-21,26-27,29-30,39-44H,10-13,22-25,28H2,1-9H3,(H,52,54)(H,53,55)(H,56,63)(H,57,64)/t39-,40-,41+,42+,43+,44+/m1/s1. The van der Waals surface area contributed by atoms with Crippen molar-refractivity contribution in [3.8, 4) is 0 Å². The van der Waals surface area contributed by atoms with Crippen LogP contribution in [0.5, 0.6) is 0 Å². The first-order valence-electron chi connectivity index (χ1n) is 23.8. The summed E-state index contributed by atoms with van der Waals surface area (Å²) >= 11 is 0. The monoisotopic (exact) mass is 918 g/mol. The molecule has 0 radical (unpaired) electrons. The number of carbonyl (C=O) groups is 4. The van der Waals surface area contributed by atoms with Crippen molar-refractivity contribution in [1.29, 1.82) is 0 Å². The van der Waals surface area contributed by atoms with Gasteiger partial charge in [-0.05, 0) is 103 Å². The molecule has 8 rings (SSSR count). The predicted molar refractivity (Wildman–Crippen MR) is 256 cm³/mol. The Morgan fingerprint density at radius 2 is 1.10 bits per heavy atom. The van der Waals surface area contributed by atoms with Crippen molar-refractivity contribution in [2.45, 2.75) is 122 Å². The molecular weight excluding hydrogens is 851 g/mol. The molecule has 67 heavy (non-hydrogen) atoms. The van der Waals surface area contributed by atoms with Crippen molar-refractivity contribution in [2.75, 3.05) is 45.9 Å². The van der Waals surface area contributed by atoms with Gasteiger partial charge in [0, 0.05) is 31.3 Å². The summed E-state index contributed by atoms with van der Waals surface area (Å²) in [7, 11) is 4.34. The van der Waals surface area contributed by atoms with Crippen molar-refractivity contribution in [1.82, 2.24) is 40.4 Å². The minimum absolute atomic E-state index is 0.0401. The first-order chi connectivity index (χ1) is 32.1. The lowest BCUT2D eigenvalue weighted by molar-refractivity contribution is -0.136. The van der Waals surface area contributed by atoms with Crippen LogP contribution in [0.4, 0.5) is 15.3 Å². The summed E-state index contributed by atoms with van der Waals surface area (Å²) in [6, 6.07) is 20.0. The molecule has 0 spiro atoms. The van der Waals surface area contributed by atoms with Gasteiger partial charge < -0.3 is 49.5 Å². The smallest absolute Gasteiger partial charge is 0.407 e. The van der Waals surface area contributed by atoms with Crippen LogP contribution in [0.25, 0.3) is 22.1 Å². The highest BCUT2D eigenvalue weighted by molar-refractivity contribution is 5.87. The van der Waals surface area contributed by atoms with Gasteiger partial charge in [0.05, 0.1) is 67.1 Å². The number of carbonyl (C=O) groups excluding carboxylic acids is 4. The third kappa shape index (κ3) is 9.54. The molecular formula is C51H67N9O7. The third-order valence-electron chi connectivity index (χ3n) is 14.1. The maximum absolute atomic E-state index is 13.9. The van der Waals surface area contributed by atoms with Crippen LogP contribution in [0.3, 0.4) is 0 Å². The molecule has 3 fully saturated rings. The van der Waals surface area contributed by atoms with Crippen molar-refractivity contribution in [3.05, 3.63) is 89.0 Å². The lowest BCUT2D eigenvalue weighted by Crippen LogP contribution is -2.51. The van der Waals surface area contributed by atoms with Crippen LogP contribution in [-0.2, 0) is 29.2 Å². The Labute approximate surface area is 392 Å². The molecule has 5 aromatic rings. The number of nitrogens with one attached hydrogen (secondary N) is 4. The fourth-order valence-corrected chi connectivity index (χ4v) is 10.6. The van der Waals surface area contributed by atoms with Gasteiger partial charge in [0.25, 0.3) is 0 Å². The Kier molecular flexibility index (Phi) is 13.8. The molecule has 3 aliphatic rings. The van der Waals surface area contributed by atoms with E-state index in [9.17, 15) is 19.2 Å². The van der Waals surface area contributed by atoms with Gasteiger partial charge >= 0.3 is 12.2 Å². The number of amides is 4. The minimum atomic E-state index is -0.712. The Bertz CT molecular complexity index is 2440. The number of fused-ring (bicyclic) bond motifs is 2. The fourth-order valence-electron chi connectivity index (χ4n) is 10.6. The summed E-state index contributed by atoms with van der Waals surface area (Å²) in [6.07, 6.45) is 3.76. The van der Waals surface area contributed by atoms with E-state index in [1.807, 2.05) is 37.5 Å². The highest BCUT2D eigenvalue weighted by Gasteiger charge is 2.41. The normalized spacial score (nSPS) is 20.9. The molecule has 0 aliphatic carbocycles. The van der Waals surface area contributed by atoms with Gasteiger partial charge in [0.15, 0.2) is 0 Å². The van der Waals surface area contributed by atoms with Crippen molar-refractivity contribution in [2.24, 2.45) is 11.8 Å². The summed E-state index contributed by atoms with van der Waals surface area (Å²) in [5.74, 6) is 0.945. The van der Waals surface area contributed by atoms with E-state index in [1.165, 1.54) is 19.8 Å². The zero-order valence-electron chi connectivity index (χ0n) is 40.4. The van der Waals surface area contributed by atoms with E-state index in [1.54, 1.807) is 7.11 Å². The number of hydrogen-bond acceptors (Lipinski definition) is 10. The lowest BCUT2D eigenvalue weighted by Gasteiger charge is -2.34. The first-order valence-corrected chi connectivity index (χ1v) is 23.8. The second-order valence-corrected chi connectivity index (χ2v) is 19.8. The molecule has 5 heterocycles. The number of rotatable bonds is 14. The number of alkyl carbamates (subject to hydrolysis) is 2. The van der Waals surface area contributed by atoms with E-state index < -0.39 is 24.3 Å². The average molecular weight is 918 g/mol. The van der Waals surface area contributed by atoms with Crippen LogP contribution < -0.4 is 15.5 Å². The Morgan fingerprint density at radius 3 is 1.51 bits per heavy atom. The maximum Gasteiger partial charge on any atom is 0.407 e. The number of benzene rings is 3. The molecule has 358 valence electrons. The molecule has 4 amide bonds. The van der Waals surface area contributed by atoms with E-state index in [0.717, 1.165) is 89.1 Å². The molecule has 3 saturated heterocycles. The SMILES string of the molecule is COCC(C)(C)c1ccc(N2[C@@H](c3ccc4nc([C@@H]5CCCN5C(=O)[C@@H](NC(=O)OC)C(C)C)[nH]c4c3)CC[C@@H]2c2ccc3nc([C@@H]4CCCN4C(=O)[C@@H](NC(=O)OC)C(C)C)[nH]c3c2)cc1. The second kappa shape index (κ2) is 19.6. The topological polar surface area (TPSA) is 187 Å². The van der Waals surface area contributed by atoms with Crippen LogP contribution >= 0.6 is 0 Å². The Balaban J connectivity index is 1.10. The maximum atomic E-state index is 13.9. The van der Waals surface area contributed by atoms with Crippen molar-refractivity contribution in [3.63, 3.8) is 0 Å². The second-order valence-electron chi connectivity index (χ2n) is 19.8. The van der Waals surface area contributed by atoms with E-state index in [0.29, 0.717) is 19.7 Å². The predicted octanol–water partition coefficient (Wildman–Crippen LogP) is 8.53. The summed E-state index contributed by atoms with van der Waals surface area (Å²) < 4.78 is 15.3. The number of imidazole rings is 2. The van der Waals surface area contributed by atoms with Gasteiger partial charge in [0.2, 0.25) is 11.8 Å². The summed E-state index contributed by atoms with van der Waals surface area (Å²) in [6.45, 7) is 13.8. The number of nitrogens with zero attached hydrogens (tertiary/aromatic N) is 5. The van der Waals surface area contributed by atoms with Gasteiger partial charge in [-0.3, -0.25) is 9.59 Å². The molecule has 4 N–H and O–H groups in total. The van der Waals surface area contributed by atoms with E-state index >= 15 is 0 Å². The minimum Gasteiger partial charge on any atom is -0.453 e. The molecule has 2 aromatic heterocycles. The van der Waals surface area contributed by atoms with Crippen LogP contribution in [0, 0.1) is 11.8 Å². The number of aromatic nitrogens is 4. The first kappa shape index (κ1) is 47.3. The molecule has 3 aromatic carbocycles. The molecule has 0 bridgehead atoms. The summed E-state index contributed by atoms with van der Waals surface area (Å²) in [4.78, 5) is 75.7. The van der Waals surface area contributed by atoms with Crippen LogP contribution in [0.1, 0.15) is 133 Å². The number of likely N-dealkylation sites (tertiary alicyclic amines) is 2. The summed E-state index contributed by atoms with van der Waals surface area (Å²) in [5.41, 5.74) is 7.95. The van der Waals surface area contributed by atoms with Crippen LogP contribution in [0.15, 0.2) is 60.7 Å². The van der Waals surface area contributed by atoms with Gasteiger partial charge in [-0.2, -0.15) is 0 Å². The fraction of sp³-hybridized carbons (Fsp3) is 0.529. The number of aromatic amines is 2. The molecule has 16 heteroatoms. The van der Waals surface area contributed by atoms with Crippen molar-refractivity contribution < 1.29 is 33.4 Å². The molecule has 16 nitrogen and oxygen atoms in total. The zero-order chi connectivity index (χ0) is 47.7. The quantitative estimate of drug-likeness (QED) is 0.0841. The molecule has 6 atom stereocenters.